The molecule has 0 saturated carbocycles. The zero-order chi connectivity index (χ0) is 34.6. The minimum Gasteiger partial charge on any atom is -0.456 e. The van der Waals surface area contributed by atoms with Crippen LogP contribution in [0.5, 0.6) is 0 Å². The maximum atomic E-state index is 11.1. The smallest absolute Gasteiger partial charge is 0.166 e. The van der Waals surface area contributed by atoms with E-state index in [1.54, 1.807) is 0 Å². The summed E-state index contributed by atoms with van der Waals surface area (Å²) in [5, 5.41) is 15.2. The van der Waals surface area contributed by atoms with Crippen molar-refractivity contribution < 1.29 is 4.42 Å². The first kappa shape index (κ1) is 29.5. The van der Waals surface area contributed by atoms with Gasteiger partial charge in [-0.3, -0.25) is 0 Å². The molecule has 0 radical (unpaired) electrons. The molecule has 0 aliphatic carbocycles. The SMILES string of the molecule is N#Cc1cc(-c2ccccc2)cc(-c2nc(-c3ccccc3)nc(-c3ccccc3)n2)c1-n1c2ccccc2c2ccc3oc4ccccc4c3c21. The van der Waals surface area contributed by atoms with E-state index in [-0.39, 0.29) is 0 Å². The molecule has 10 rings (SSSR count). The molecule has 0 aliphatic heterocycles. The second kappa shape index (κ2) is 11.9. The summed E-state index contributed by atoms with van der Waals surface area (Å²) in [5.41, 5.74) is 8.99. The predicted molar refractivity (Wildman–Crippen MR) is 208 cm³/mol. The first-order valence-electron chi connectivity index (χ1n) is 17.1. The van der Waals surface area contributed by atoms with Crippen LogP contribution in [0.3, 0.4) is 0 Å². The Kier molecular flexibility index (Phi) is 6.76. The molecule has 0 unspecified atom stereocenters. The van der Waals surface area contributed by atoms with Gasteiger partial charge in [0.05, 0.1) is 27.7 Å². The van der Waals surface area contributed by atoms with Crippen LogP contribution in [0.4, 0.5) is 0 Å². The highest BCUT2D eigenvalue weighted by atomic mass is 16.3. The largest absolute Gasteiger partial charge is 0.456 e. The summed E-state index contributed by atoms with van der Waals surface area (Å²) in [5.74, 6) is 1.56. The third kappa shape index (κ3) is 4.68. The van der Waals surface area contributed by atoms with Gasteiger partial charge in [-0.2, -0.15) is 5.26 Å². The summed E-state index contributed by atoms with van der Waals surface area (Å²) in [7, 11) is 0. The lowest BCUT2D eigenvalue weighted by atomic mass is 9.97. The number of hydrogen-bond acceptors (Lipinski definition) is 5. The molecule has 0 aliphatic rings. The molecule has 3 heterocycles. The summed E-state index contributed by atoms with van der Waals surface area (Å²) < 4.78 is 8.63. The van der Waals surface area contributed by atoms with Crippen molar-refractivity contribution >= 4 is 43.7 Å². The molecule has 7 aromatic carbocycles. The van der Waals surface area contributed by atoms with E-state index in [9.17, 15) is 5.26 Å². The molecule has 6 heteroatoms. The maximum Gasteiger partial charge on any atom is 0.166 e. The molecule has 0 fully saturated rings. The van der Waals surface area contributed by atoms with Crippen molar-refractivity contribution in [3.63, 3.8) is 0 Å². The second-order valence-electron chi connectivity index (χ2n) is 12.7. The third-order valence-electron chi connectivity index (χ3n) is 9.68. The molecule has 3 aromatic heterocycles. The molecular formula is C46H27N5O. The number of fused-ring (bicyclic) bond motifs is 7. The highest BCUT2D eigenvalue weighted by Crippen LogP contribution is 2.44. The van der Waals surface area contributed by atoms with Crippen LogP contribution in [-0.2, 0) is 0 Å². The molecule has 10 aromatic rings. The van der Waals surface area contributed by atoms with Crippen molar-refractivity contribution in [3.8, 4) is 57.0 Å². The van der Waals surface area contributed by atoms with Crippen molar-refractivity contribution in [1.82, 2.24) is 19.5 Å². The fourth-order valence-electron chi connectivity index (χ4n) is 7.35. The molecule has 0 amide bonds. The molecule has 0 spiro atoms. The van der Waals surface area contributed by atoms with Crippen molar-refractivity contribution in [2.45, 2.75) is 0 Å². The van der Waals surface area contributed by atoms with E-state index in [2.05, 4.69) is 59.2 Å². The van der Waals surface area contributed by atoms with E-state index in [1.165, 1.54) is 0 Å². The third-order valence-corrected chi connectivity index (χ3v) is 9.68. The number of nitrogens with zero attached hydrogens (tertiary/aromatic N) is 5. The normalized spacial score (nSPS) is 11.4. The number of benzene rings is 7. The first-order chi connectivity index (χ1) is 25.7. The van der Waals surface area contributed by atoms with Gasteiger partial charge in [0, 0.05) is 32.8 Å². The zero-order valence-electron chi connectivity index (χ0n) is 27.7. The van der Waals surface area contributed by atoms with Gasteiger partial charge in [-0.05, 0) is 47.5 Å². The van der Waals surface area contributed by atoms with Crippen LogP contribution in [0.15, 0.2) is 168 Å². The topological polar surface area (TPSA) is 80.5 Å². The number of aromatic nitrogens is 4. The summed E-state index contributed by atoms with van der Waals surface area (Å²) in [6.07, 6.45) is 0. The predicted octanol–water partition coefficient (Wildman–Crippen LogP) is 11.4. The van der Waals surface area contributed by atoms with Crippen LogP contribution in [0.25, 0.3) is 94.7 Å². The Labute approximate surface area is 298 Å². The number of furan rings is 1. The quantitative estimate of drug-likeness (QED) is 0.183. The Hall–Kier alpha value is -7.36. The maximum absolute atomic E-state index is 11.1. The van der Waals surface area contributed by atoms with E-state index < -0.39 is 0 Å². The minimum absolute atomic E-state index is 0.465. The number of rotatable bonds is 5. The average molecular weight is 666 g/mol. The summed E-state index contributed by atoms with van der Waals surface area (Å²) in [4.78, 5) is 15.3. The molecule has 52 heavy (non-hydrogen) atoms. The Bertz CT molecular complexity index is 2960. The lowest BCUT2D eigenvalue weighted by Crippen LogP contribution is -2.06. The summed E-state index contributed by atoms with van der Waals surface area (Å²) in [6.45, 7) is 0. The minimum atomic E-state index is 0.465. The molecule has 0 bridgehead atoms. The van der Waals surface area contributed by atoms with Crippen LogP contribution in [0, 0.1) is 11.3 Å². The molecule has 6 nitrogen and oxygen atoms in total. The van der Waals surface area contributed by atoms with E-state index in [1.807, 2.05) is 115 Å². The van der Waals surface area contributed by atoms with Gasteiger partial charge in [0.15, 0.2) is 17.5 Å². The number of para-hydroxylation sites is 2. The van der Waals surface area contributed by atoms with Crippen molar-refractivity contribution in [2.24, 2.45) is 0 Å². The van der Waals surface area contributed by atoms with Crippen molar-refractivity contribution in [2.75, 3.05) is 0 Å². The molecule has 242 valence electrons. The van der Waals surface area contributed by atoms with Gasteiger partial charge in [0.2, 0.25) is 0 Å². The van der Waals surface area contributed by atoms with Gasteiger partial charge >= 0.3 is 0 Å². The van der Waals surface area contributed by atoms with Crippen molar-refractivity contribution in [3.05, 3.63) is 169 Å². The van der Waals surface area contributed by atoms with Crippen LogP contribution < -0.4 is 0 Å². The number of hydrogen-bond donors (Lipinski definition) is 0. The Morgan fingerprint density at radius 2 is 1.06 bits per heavy atom. The van der Waals surface area contributed by atoms with Gasteiger partial charge in [-0.25, -0.2) is 15.0 Å². The summed E-state index contributed by atoms with van der Waals surface area (Å²) in [6, 6.07) is 57.3. The van der Waals surface area contributed by atoms with Crippen LogP contribution in [0.1, 0.15) is 5.56 Å². The molecular weight excluding hydrogens is 639 g/mol. The van der Waals surface area contributed by atoms with Gasteiger partial charge in [0.25, 0.3) is 0 Å². The standard InChI is InChI=1S/C46H27N5O/c47-28-33-26-32(29-14-4-1-5-15-29)27-37(46-49-44(30-16-6-2-7-17-30)48-45(50-46)31-18-8-3-9-19-31)42(33)51-38-22-12-10-20-34(38)35-24-25-40-41(43(35)51)36-21-11-13-23-39(36)52-40/h1-27H. The van der Waals surface area contributed by atoms with E-state index in [4.69, 9.17) is 19.4 Å². The fourth-order valence-corrected chi connectivity index (χ4v) is 7.35. The van der Waals surface area contributed by atoms with Gasteiger partial charge < -0.3 is 8.98 Å². The van der Waals surface area contributed by atoms with E-state index >= 15 is 0 Å². The van der Waals surface area contributed by atoms with Crippen LogP contribution in [-0.4, -0.2) is 19.5 Å². The Morgan fingerprint density at radius 1 is 0.481 bits per heavy atom. The van der Waals surface area contributed by atoms with Crippen molar-refractivity contribution in [1.29, 1.82) is 5.26 Å². The second-order valence-corrected chi connectivity index (χ2v) is 12.7. The monoisotopic (exact) mass is 665 g/mol. The van der Waals surface area contributed by atoms with Gasteiger partial charge in [-0.1, -0.05) is 127 Å². The highest BCUT2D eigenvalue weighted by Gasteiger charge is 2.25. The van der Waals surface area contributed by atoms with Crippen LogP contribution >= 0.6 is 0 Å². The zero-order valence-corrected chi connectivity index (χ0v) is 27.7. The highest BCUT2D eigenvalue weighted by molar-refractivity contribution is 6.24. The van der Waals surface area contributed by atoms with Gasteiger partial charge in [0.1, 0.15) is 17.2 Å². The molecule has 0 atom stereocenters. The van der Waals surface area contributed by atoms with Gasteiger partial charge in [-0.15, -0.1) is 0 Å². The lowest BCUT2D eigenvalue weighted by Gasteiger charge is -2.18. The molecule has 0 N–H and O–H groups in total. The average Bonchev–Trinajstić information content (AvgIpc) is 3.77. The first-order valence-corrected chi connectivity index (χ1v) is 17.1. The van der Waals surface area contributed by atoms with Crippen LogP contribution in [0.2, 0.25) is 0 Å². The van der Waals surface area contributed by atoms with E-state index in [0.717, 1.165) is 66.0 Å². The lowest BCUT2D eigenvalue weighted by molar-refractivity contribution is 0.669. The number of nitriles is 1. The Balaban J connectivity index is 1.39. The molecule has 0 saturated heterocycles. The Morgan fingerprint density at radius 3 is 1.73 bits per heavy atom. The van der Waals surface area contributed by atoms with E-state index in [0.29, 0.717) is 34.3 Å². The fraction of sp³-hybridized carbons (Fsp3) is 0. The summed E-state index contributed by atoms with van der Waals surface area (Å²) >= 11 is 0.